The second-order valence-electron chi connectivity index (χ2n) is 5.54. The molecule has 0 aliphatic rings. The number of halogens is 6. The fourth-order valence-electron chi connectivity index (χ4n) is 2.49. The van der Waals surface area contributed by atoms with Gasteiger partial charge in [-0.2, -0.15) is 26.3 Å². The van der Waals surface area contributed by atoms with E-state index in [4.69, 9.17) is 10.2 Å². The average molecular weight is 392 g/mol. The van der Waals surface area contributed by atoms with E-state index in [0.717, 1.165) is 24.3 Å². The van der Waals surface area contributed by atoms with Gasteiger partial charge in [-0.05, 0) is 41.8 Å². The number of hydrogen-bond acceptors (Lipinski definition) is 2. The molecular weight excluding hydrogens is 382 g/mol. The first-order chi connectivity index (χ1) is 12.3. The van der Waals surface area contributed by atoms with Gasteiger partial charge in [0.05, 0.1) is 22.3 Å². The highest BCUT2D eigenvalue weighted by Gasteiger charge is 2.36. The Hall–Kier alpha value is -3.04. The summed E-state index contributed by atoms with van der Waals surface area (Å²) in [7, 11) is 0. The summed E-state index contributed by atoms with van der Waals surface area (Å²) in [6, 6.07) is 4.58. The van der Waals surface area contributed by atoms with E-state index >= 15 is 0 Å². The molecule has 0 atom stereocenters. The van der Waals surface area contributed by atoms with Crippen LogP contribution in [0, 0.1) is 0 Å². The summed E-state index contributed by atoms with van der Waals surface area (Å²) in [4.78, 5) is 22.1. The molecule has 4 nitrogen and oxygen atoms in total. The van der Waals surface area contributed by atoms with Crippen LogP contribution in [0.15, 0.2) is 36.4 Å². The molecule has 0 saturated carbocycles. The van der Waals surface area contributed by atoms with Crippen molar-refractivity contribution >= 4 is 11.9 Å². The lowest BCUT2D eigenvalue weighted by Crippen LogP contribution is -2.14. The SMILES string of the molecule is O=C(O)c1cc(Cc2ccc(C(F)(F)F)c(C(=O)O)c2)ccc1C(F)(F)F. The van der Waals surface area contributed by atoms with E-state index < -0.39 is 46.5 Å². The summed E-state index contributed by atoms with van der Waals surface area (Å²) in [6.45, 7) is 0. The van der Waals surface area contributed by atoms with Gasteiger partial charge in [0, 0.05) is 0 Å². The normalized spacial score (nSPS) is 12.1. The summed E-state index contributed by atoms with van der Waals surface area (Å²) in [6.07, 6.45) is -10.0. The molecule has 0 bridgehead atoms. The zero-order valence-electron chi connectivity index (χ0n) is 13.1. The van der Waals surface area contributed by atoms with Crippen LogP contribution in [0.25, 0.3) is 0 Å². The number of alkyl halides is 6. The molecule has 10 heteroatoms. The summed E-state index contributed by atoms with van der Waals surface area (Å²) in [5.41, 5.74) is -4.61. The molecule has 0 heterocycles. The second kappa shape index (κ2) is 6.93. The fraction of sp³-hybridized carbons (Fsp3) is 0.176. The minimum Gasteiger partial charge on any atom is -0.478 e. The van der Waals surface area contributed by atoms with Gasteiger partial charge in [-0.25, -0.2) is 9.59 Å². The first-order valence-corrected chi connectivity index (χ1v) is 7.17. The van der Waals surface area contributed by atoms with Gasteiger partial charge >= 0.3 is 24.3 Å². The lowest BCUT2D eigenvalue weighted by atomic mass is 9.96. The van der Waals surface area contributed by atoms with Crippen LogP contribution in [0.5, 0.6) is 0 Å². The van der Waals surface area contributed by atoms with Gasteiger partial charge in [-0.15, -0.1) is 0 Å². The minimum absolute atomic E-state index is 0.0662. The first-order valence-electron chi connectivity index (χ1n) is 7.17. The highest BCUT2D eigenvalue weighted by atomic mass is 19.4. The summed E-state index contributed by atoms with van der Waals surface area (Å²) in [5, 5.41) is 17.9. The first kappa shape index (κ1) is 20.3. The Morgan fingerprint density at radius 3 is 1.30 bits per heavy atom. The lowest BCUT2D eigenvalue weighted by Gasteiger charge is -2.13. The van der Waals surface area contributed by atoms with Gasteiger partial charge in [0.1, 0.15) is 0 Å². The quantitative estimate of drug-likeness (QED) is 0.739. The van der Waals surface area contributed by atoms with E-state index in [0.29, 0.717) is 12.1 Å². The highest BCUT2D eigenvalue weighted by Crippen LogP contribution is 2.34. The molecule has 0 aromatic heterocycles. The Balaban J connectivity index is 2.46. The third kappa shape index (κ3) is 4.57. The topological polar surface area (TPSA) is 74.6 Å². The Labute approximate surface area is 147 Å². The summed E-state index contributed by atoms with van der Waals surface area (Å²) in [5.74, 6) is -3.63. The van der Waals surface area contributed by atoms with E-state index in [2.05, 4.69) is 0 Å². The zero-order chi connectivity index (χ0) is 20.6. The van der Waals surface area contributed by atoms with Gasteiger partial charge < -0.3 is 10.2 Å². The maximum atomic E-state index is 12.8. The predicted molar refractivity (Wildman–Crippen MR) is 79.6 cm³/mol. The van der Waals surface area contributed by atoms with Crippen molar-refractivity contribution in [3.63, 3.8) is 0 Å². The Bertz CT molecular complexity index is 826. The second-order valence-corrected chi connectivity index (χ2v) is 5.54. The van der Waals surface area contributed by atoms with Crippen LogP contribution in [-0.4, -0.2) is 22.2 Å². The van der Waals surface area contributed by atoms with Crippen molar-refractivity contribution in [3.8, 4) is 0 Å². The molecule has 0 fully saturated rings. The van der Waals surface area contributed by atoms with Crippen molar-refractivity contribution in [1.82, 2.24) is 0 Å². The predicted octanol–water partition coefficient (Wildman–Crippen LogP) is 4.71. The van der Waals surface area contributed by atoms with Crippen LogP contribution in [0.3, 0.4) is 0 Å². The minimum atomic E-state index is -4.89. The van der Waals surface area contributed by atoms with E-state index in [-0.39, 0.29) is 17.5 Å². The van der Waals surface area contributed by atoms with Crippen molar-refractivity contribution in [1.29, 1.82) is 0 Å². The Morgan fingerprint density at radius 2 is 1.04 bits per heavy atom. The van der Waals surface area contributed by atoms with E-state index in [1.54, 1.807) is 0 Å². The smallest absolute Gasteiger partial charge is 0.417 e. The van der Waals surface area contributed by atoms with E-state index in [1.807, 2.05) is 0 Å². The average Bonchev–Trinajstić information content (AvgIpc) is 2.52. The number of carbonyl (C=O) groups is 2. The van der Waals surface area contributed by atoms with Gasteiger partial charge in [0.2, 0.25) is 0 Å². The van der Waals surface area contributed by atoms with Crippen LogP contribution < -0.4 is 0 Å². The molecule has 2 aromatic carbocycles. The van der Waals surface area contributed by atoms with Crippen LogP contribution >= 0.6 is 0 Å². The number of aromatic carboxylic acids is 2. The number of rotatable bonds is 4. The molecule has 2 aromatic rings. The van der Waals surface area contributed by atoms with Crippen molar-refractivity contribution in [2.75, 3.05) is 0 Å². The van der Waals surface area contributed by atoms with E-state index in [1.165, 1.54) is 0 Å². The van der Waals surface area contributed by atoms with E-state index in [9.17, 15) is 35.9 Å². The maximum absolute atomic E-state index is 12.8. The third-order valence-electron chi connectivity index (χ3n) is 3.65. The molecule has 0 spiro atoms. The van der Waals surface area contributed by atoms with Crippen LogP contribution in [0.1, 0.15) is 43.0 Å². The molecule has 0 saturated heterocycles. The number of carboxylic acids is 2. The Morgan fingerprint density at radius 1 is 0.704 bits per heavy atom. The molecule has 2 N–H and O–H groups in total. The maximum Gasteiger partial charge on any atom is 0.417 e. The lowest BCUT2D eigenvalue weighted by molar-refractivity contribution is -0.138. The number of carboxylic acid groups (broad SMARTS) is 2. The molecule has 0 amide bonds. The molecule has 0 unspecified atom stereocenters. The standard InChI is InChI=1S/C17H10F6O4/c18-16(19,20)12-3-1-8(6-10(12)14(24)25)5-9-2-4-13(17(21,22)23)11(7-9)15(26)27/h1-4,6-7H,5H2,(H,24,25)(H,26,27). The highest BCUT2D eigenvalue weighted by molar-refractivity contribution is 5.90. The molecular formula is C17H10F6O4. The number of benzene rings is 2. The number of hydrogen-bond donors (Lipinski definition) is 2. The van der Waals surface area contributed by atoms with Crippen LogP contribution in [0.4, 0.5) is 26.3 Å². The molecule has 0 aliphatic carbocycles. The molecule has 0 radical (unpaired) electrons. The van der Waals surface area contributed by atoms with Crippen molar-refractivity contribution in [2.45, 2.75) is 18.8 Å². The summed E-state index contributed by atoms with van der Waals surface area (Å²) < 4.78 is 77.0. The van der Waals surface area contributed by atoms with Crippen molar-refractivity contribution in [2.24, 2.45) is 0 Å². The van der Waals surface area contributed by atoms with Gasteiger partial charge in [-0.3, -0.25) is 0 Å². The Kier molecular flexibility index (Phi) is 5.21. The molecule has 27 heavy (non-hydrogen) atoms. The van der Waals surface area contributed by atoms with Crippen LogP contribution in [0.2, 0.25) is 0 Å². The monoisotopic (exact) mass is 392 g/mol. The van der Waals surface area contributed by atoms with Gasteiger partial charge in [0.15, 0.2) is 0 Å². The third-order valence-corrected chi connectivity index (χ3v) is 3.65. The largest absolute Gasteiger partial charge is 0.478 e. The van der Waals surface area contributed by atoms with Crippen LogP contribution in [-0.2, 0) is 18.8 Å². The molecule has 2 rings (SSSR count). The van der Waals surface area contributed by atoms with Crippen molar-refractivity contribution in [3.05, 3.63) is 69.8 Å². The van der Waals surface area contributed by atoms with Gasteiger partial charge in [-0.1, -0.05) is 12.1 Å². The molecule has 0 aliphatic heterocycles. The van der Waals surface area contributed by atoms with Crippen molar-refractivity contribution < 1.29 is 46.1 Å². The van der Waals surface area contributed by atoms with Gasteiger partial charge in [0.25, 0.3) is 0 Å². The zero-order valence-corrected chi connectivity index (χ0v) is 13.1. The summed E-state index contributed by atoms with van der Waals surface area (Å²) >= 11 is 0. The molecule has 144 valence electrons. The fourth-order valence-corrected chi connectivity index (χ4v) is 2.49.